The second-order valence-corrected chi connectivity index (χ2v) is 11.8. The highest BCUT2D eigenvalue weighted by atomic mass is 16.5. The number of aromatic nitrogens is 3. The number of ether oxygens (including phenoxy) is 1. The van der Waals surface area contributed by atoms with Crippen molar-refractivity contribution in [2.24, 2.45) is 30.7 Å². The van der Waals surface area contributed by atoms with E-state index < -0.39 is 29.4 Å². The second-order valence-electron chi connectivity index (χ2n) is 11.8. The van der Waals surface area contributed by atoms with Crippen LogP contribution in [0.1, 0.15) is 55.4 Å². The Kier molecular flexibility index (Phi) is 8.89. The average Bonchev–Trinajstić information content (AvgIpc) is 3.39. The minimum absolute atomic E-state index is 0.00481. The number of rotatable bonds is 11. The smallest absolute Gasteiger partial charge is 0.330 e. The molecule has 3 N–H and O–H groups in total. The van der Waals surface area contributed by atoms with Crippen LogP contribution in [0.25, 0.3) is 0 Å². The van der Waals surface area contributed by atoms with Crippen LogP contribution in [0.4, 0.5) is 5.69 Å². The van der Waals surface area contributed by atoms with Crippen molar-refractivity contribution in [3.63, 3.8) is 0 Å². The van der Waals surface area contributed by atoms with Gasteiger partial charge in [0.2, 0.25) is 11.8 Å². The number of hydrogen-bond donors (Lipinski definition) is 3. The predicted molar refractivity (Wildman–Crippen MR) is 153 cm³/mol. The van der Waals surface area contributed by atoms with E-state index in [1.54, 1.807) is 19.2 Å². The third-order valence-corrected chi connectivity index (χ3v) is 8.89. The Hall–Kier alpha value is -4.22. The minimum atomic E-state index is -1.03. The number of methoxy groups -OCH3 is 1. The molecule has 2 aromatic rings. The number of aryl methyl sites for hydroxylation is 1. The second kappa shape index (κ2) is 12.7. The maximum absolute atomic E-state index is 13.3. The lowest BCUT2D eigenvalue weighted by molar-refractivity contribution is -0.134. The number of hydrogen-bond acceptors (Lipinski definition) is 7. The van der Waals surface area contributed by atoms with Crippen LogP contribution in [0.2, 0.25) is 0 Å². The third-order valence-electron chi connectivity index (χ3n) is 8.89. The number of imidazole rings is 1. The van der Waals surface area contributed by atoms with Gasteiger partial charge in [0.1, 0.15) is 24.0 Å². The molecule has 0 radical (unpaired) electrons. The van der Waals surface area contributed by atoms with Crippen molar-refractivity contribution < 1.29 is 23.9 Å². The fraction of sp³-hybridized carbons (Fsp3) is 0.533. The number of nitrogens with zero attached hydrogens (tertiary/aromatic N) is 3. The third kappa shape index (κ3) is 6.63. The summed E-state index contributed by atoms with van der Waals surface area (Å²) in [5.41, 5.74) is -0.270. The molecule has 4 aliphatic carbocycles. The summed E-state index contributed by atoms with van der Waals surface area (Å²) < 4.78 is 7.38. The summed E-state index contributed by atoms with van der Waals surface area (Å²) in [7, 11) is 2.91. The lowest BCUT2D eigenvalue weighted by Crippen LogP contribution is -2.56. The zero-order valence-corrected chi connectivity index (χ0v) is 24.0. The van der Waals surface area contributed by atoms with E-state index in [0.717, 1.165) is 11.8 Å². The van der Waals surface area contributed by atoms with Crippen molar-refractivity contribution >= 4 is 29.4 Å². The molecule has 42 heavy (non-hydrogen) atoms. The van der Waals surface area contributed by atoms with E-state index in [2.05, 4.69) is 25.7 Å². The summed E-state index contributed by atoms with van der Waals surface area (Å²) in [5, 5.41) is 8.52. The maximum Gasteiger partial charge on any atom is 0.330 e. The monoisotopic (exact) mass is 578 g/mol. The molecule has 0 spiro atoms. The Bertz CT molecular complexity index is 1400. The Balaban J connectivity index is 1.23. The molecule has 6 rings (SSSR count). The summed E-state index contributed by atoms with van der Waals surface area (Å²) in [5.74, 6) is 0.769. The number of nitrogens with one attached hydrogen (secondary N) is 3. The van der Waals surface area contributed by atoms with Gasteiger partial charge in [0, 0.05) is 25.4 Å². The first kappa shape index (κ1) is 29.3. The number of carbonyl (C=O) groups is 4. The Labute approximate surface area is 243 Å². The molecule has 12 nitrogen and oxygen atoms in total. The molecule has 2 aromatic heterocycles. The van der Waals surface area contributed by atoms with E-state index in [9.17, 15) is 24.0 Å². The molecule has 1 atom stereocenters. The Morgan fingerprint density at radius 1 is 1.12 bits per heavy atom. The van der Waals surface area contributed by atoms with Crippen molar-refractivity contribution in [3.8, 4) is 0 Å². The van der Waals surface area contributed by atoms with Crippen LogP contribution in [0.15, 0.2) is 47.8 Å². The predicted octanol–water partition coefficient (Wildman–Crippen LogP) is 1.77. The molecular weight excluding hydrogens is 540 g/mol. The molecule has 4 fully saturated rings. The number of amides is 3. The van der Waals surface area contributed by atoms with Gasteiger partial charge in [0.05, 0.1) is 19.6 Å². The fourth-order valence-corrected chi connectivity index (χ4v) is 7.11. The SMILES string of the molecule is COC(=O)/C=C/CC[C@H](NC(=O)c1cncn1C)C(=O)Nc1cccn(CC(=O)NC2C3CC4CC(C3)CC2C4)c1=O. The number of allylic oxidation sites excluding steroid dienone is 1. The van der Waals surface area contributed by atoms with Crippen molar-refractivity contribution in [2.75, 3.05) is 12.4 Å². The fourth-order valence-electron chi connectivity index (χ4n) is 7.11. The molecule has 3 amide bonds. The first-order valence-electron chi connectivity index (χ1n) is 14.5. The molecule has 224 valence electrons. The van der Waals surface area contributed by atoms with Gasteiger partial charge in [-0.2, -0.15) is 0 Å². The molecule has 0 unspecified atom stereocenters. The zero-order valence-electron chi connectivity index (χ0n) is 24.0. The summed E-state index contributed by atoms with van der Waals surface area (Å²) in [6.07, 6.45) is 13.6. The van der Waals surface area contributed by atoms with Crippen LogP contribution in [0, 0.1) is 23.7 Å². The lowest BCUT2D eigenvalue weighted by Gasteiger charge is -2.54. The standard InChI is InChI=1S/C30H38N6O6/c1-35-17-31-15-24(35)29(40)32-22(6-3-4-8-26(38)42-2)28(39)33-23-7-5-9-36(30(23)41)16-25(37)34-27-20-11-18-10-19(13-20)14-21(27)12-18/h4-5,7-9,15,17-22,27H,3,6,10-14,16H2,1-2H3,(H,32,40)(H,33,39)(H,34,37)/b8-4+/t18?,19?,20?,21?,22-,27?/m0/s1. The molecule has 4 bridgehead atoms. The Morgan fingerprint density at radius 3 is 2.48 bits per heavy atom. The number of anilines is 1. The van der Waals surface area contributed by atoms with Crippen LogP contribution < -0.4 is 21.5 Å². The number of pyridine rings is 1. The highest BCUT2D eigenvalue weighted by Gasteiger charge is 2.48. The van der Waals surface area contributed by atoms with Crippen molar-refractivity contribution in [3.05, 3.63) is 59.1 Å². The number of esters is 1. The van der Waals surface area contributed by atoms with E-state index in [1.807, 2.05) is 0 Å². The normalized spacial score (nSPS) is 24.8. The van der Waals surface area contributed by atoms with E-state index in [-0.39, 0.29) is 42.7 Å². The molecule has 0 saturated heterocycles. The average molecular weight is 579 g/mol. The highest BCUT2D eigenvalue weighted by Crippen LogP contribution is 2.53. The van der Waals surface area contributed by atoms with Gasteiger partial charge in [-0.25, -0.2) is 9.78 Å². The molecule has 4 saturated carbocycles. The summed E-state index contributed by atoms with van der Waals surface area (Å²) in [6, 6.07) is 2.20. The lowest BCUT2D eigenvalue weighted by atomic mass is 9.54. The number of carbonyl (C=O) groups excluding carboxylic acids is 4. The van der Waals surface area contributed by atoms with Gasteiger partial charge in [-0.05, 0) is 80.8 Å². The Morgan fingerprint density at radius 2 is 1.83 bits per heavy atom. The van der Waals surface area contributed by atoms with E-state index in [0.29, 0.717) is 11.8 Å². The van der Waals surface area contributed by atoms with E-state index in [4.69, 9.17) is 0 Å². The molecular formula is C30H38N6O6. The molecule has 2 heterocycles. The highest BCUT2D eigenvalue weighted by molar-refractivity contribution is 6.00. The largest absolute Gasteiger partial charge is 0.466 e. The summed E-state index contributed by atoms with van der Waals surface area (Å²) >= 11 is 0. The van der Waals surface area contributed by atoms with Crippen molar-refractivity contribution in [1.29, 1.82) is 0 Å². The van der Waals surface area contributed by atoms with Crippen LogP contribution in [-0.4, -0.2) is 57.0 Å². The van der Waals surface area contributed by atoms with Gasteiger partial charge in [0.15, 0.2) is 0 Å². The van der Waals surface area contributed by atoms with Crippen LogP contribution in [-0.2, 0) is 32.7 Å². The zero-order chi connectivity index (χ0) is 29.8. The topological polar surface area (TPSA) is 153 Å². The van der Waals surface area contributed by atoms with Crippen molar-refractivity contribution in [2.45, 2.75) is 63.6 Å². The first-order valence-corrected chi connectivity index (χ1v) is 14.5. The first-order chi connectivity index (χ1) is 20.2. The van der Waals surface area contributed by atoms with Gasteiger partial charge in [-0.3, -0.25) is 19.2 Å². The quantitative estimate of drug-likeness (QED) is 0.271. The summed E-state index contributed by atoms with van der Waals surface area (Å²) in [4.78, 5) is 67.7. The molecule has 0 aromatic carbocycles. The molecule has 4 aliphatic rings. The van der Waals surface area contributed by atoms with Gasteiger partial charge in [-0.1, -0.05) is 6.08 Å². The van der Waals surface area contributed by atoms with Crippen LogP contribution in [0.5, 0.6) is 0 Å². The van der Waals surface area contributed by atoms with Gasteiger partial charge < -0.3 is 29.8 Å². The van der Waals surface area contributed by atoms with Gasteiger partial charge >= 0.3 is 5.97 Å². The van der Waals surface area contributed by atoms with Gasteiger partial charge in [0.25, 0.3) is 11.5 Å². The molecule has 0 aliphatic heterocycles. The van der Waals surface area contributed by atoms with Crippen molar-refractivity contribution in [1.82, 2.24) is 24.8 Å². The summed E-state index contributed by atoms with van der Waals surface area (Å²) in [6.45, 7) is -0.148. The van der Waals surface area contributed by atoms with Gasteiger partial charge in [-0.15, -0.1) is 0 Å². The van der Waals surface area contributed by atoms with Crippen LogP contribution >= 0.6 is 0 Å². The molecule has 12 heteroatoms. The van der Waals surface area contributed by atoms with E-state index >= 15 is 0 Å². The van der Waals surface area contributed by atoms with E-state index in [1.165, 1.54) is 79.2 Å². The van der Waals surface area contributed by atoms with Crippen LogP contribution in [0.3, 0.4) is 0 Å². The maximum atomic E-state index is 13.3. The minimum Gasteiger partial charge on any atom is -0.466 e.